The third-order valence-corrected chi connectivity index (χ3v) is 2.89. The third-order valence-electron chi connectivity index (χ3n) is 1.71. The van der Waals surface area contributed by atoms with E-state index < -0.39 is 10.1 Å². The molecule has 1 aromatic heterocycles. The van der Waals surface area contributed by atoms with Gasteiger partial charge in [-0.1, -0.05) is 23.5 Å². The lowest BCUT2D eigenvalue weighted by Crippen LogP contribution is -2.21. The van der Waals surface area contributed by atoms with Gasteiger partial charge in [-0.2, -0.15) is 0 Å². The number of amides is 1. The zero-order chi connectivity index (χ0) is 12.5. The van der Waals surface area contributed by atoms with E-state index in [0.29, 0.717) is 5.13 Å². The Kier molecular flexibility index (Phi) is 3.63. The molecular weight excluding hydrogens is 307 g/mol. The van der Waals surface area contributed by atoms with Gasteiger partial charge in [-0.15, -0.1) is 0 Å². The van der Waals surface area contributed by atoms with Gasteiger partial charge in [-0.25, -0.2) is 9.78 Å². The second-order valence-electron chi connectivity index (χ2n) is 2.95. The van der Waals surface area contributed by atoms with E-state index >= 15 is 0 Å². The number of ether oxygens (including phenoxy) is 1. The molecule has 90 valence electrons. The largest absolute Gasteiger partial charge is 0.417 e. The Labute approximate surface area is 115 Å². The molecule has 0 radical (unpaired) electrons. The number of aromatic nitrogens is 1. The van der Waals surface area contributed by atoms with Crippen LogP contribution in [0.25, 0.3) is 10.2 Å². The molecule has 1 N–H and O–H groups in total. The third kappa shape index (κ3) is 3.61. The topological polar surface area (TPSA) is 51.2 Å². The Hall–Kier alpha value is -0.750. The van der Waals surface area contributed by atoms with Gasteiger partial charge < -0.3 is 4.74 Å². The van der Waals surface area contributed by atoms with Crippen molar-refractivity contribution in [3.63, 3.8) is 0 Å². The minimum Gasteiger partial charge on any atom is -0.398 e. The van der Waals surface area contributed by atoms with E-state index in [0.717, 1.165) is 10.2 Å². The number of halogens is 3. The summed E-state index contributed by atoms with van der Waals surface area (Å²) in [6, 6.07) is 7.45. The summed E-state index contributed by atoms with van der Waals surface area (Å²) >= 11 is 17.2. The summed E-state index contributed by atoms with van der Waals surface area (Å²) in [6.45, 7) is 0. The summed E-state index contributed by atoms with van der Waals surface area (Å²) < 4.78 is 3.31. The van der Waals surface area contributed by atoms with Gasteiger partial charge in [0.05, 0.1) is 10.2 Å². The molecule has 17 heavy (non-hydrogen) atoms. The Morgan fingerprint density at radius 1 is 1.35 bits per heavy atom. The van der Waals surface area contributed by atoms with Crippen molar-refractivity contribution in [2.75, 3.05) is 5.32 Å². The van der Waals surface area contributed by atoms with Gasteiger partial charge in [-0.05, 0) is 46.9 Å². The minimum absolute atomic E-state index is 0.380. The molecule has 4 nitrogen and oxygen atoms in total. The number of para-hydroxylation sites is 1. The first-order valence-electron chi connectivity index (χ1n) is 4.36. The fourth-order valence-corrected chi connectivity index (χ4v) is 2.21. The number of rotatable bonds is 1. The van der Waals surface area contributed by atoms with Crippen LogP contribution in [0.15, 0.2) is 24.3 Å². The van der Waals surface area contributed by atoms with E-state index in [9.17, 15) is 4.79 Å². The predicted octanol–water partition coefficient (Wildman–Crippen LogP) is 4.17. The van der Waals surface area contributed by atoms with Crippen LogP contribution in [0.2, 0.25) is 0 Å². The van der Waals surface area contributed by atoms with Gasteiger partial charge in [-0.3, -0.25) is 5.32 Å². The SMILES string of the molecule is O=C(Nc1nc2ccccc2s1)OC(Cl)(Cl)Cl. The molecule has 0 aliphatic heterocycles. The smallest absolute Gasteiger partial charge is 0.398 e. The Morgan fingerprint density at radius 3 is 2.71 bits per heavy atom. The molecule has 0 unspecified atom stereocenters. The van der Waals surface area contributed by atoms with Crippen molar-refractivity contribution in [2.24, 2.45) is 0 Å². The first kappa shape index (κ1) is 12.7. The fraction of sp³-hybridized carbons (Fsp3) is 0.111. The second kappa shape index (κ2) is 4.86. The zero-order valence-corrected chi connectivity index (χ0v) is 11.2. The first-order valence-corrected chi connectivity index (χ1v) is 6.31. The molecule has 0 atom stereocenters. The molecule has 0 spiro atoms. The number of fused-ring (bicyclic) bond motifs is 1. The van der Waals surface area contributed by atoms with Crippen LogP contribution in [-0.4, -0.2) is 15.1 Å². The van der Waals surface area contributed by atoms with E-state index in [1.54, 1.807) is 0 Å². The number of thiazole rings is 1. The van der Waals surface area contributed by atoms with Crippen LogP contribution in [0.4, 0.5) is 9.93 Å². The molecule has 0 fully saturated rings. The van der Waals surface area contributed by atoms with Crippen molar-refractivity contribution in [3.8, 4) is 0 Å². The molecule has 1 aromatic carbocycles. The number of carbonyl (C=O) groups excluding carboxylic acids is 1. The number of nitrogens with zero attached hydrogens (tertiary/aromatic N) is 1. The van der Waals surface area contributed by atoms with Crippen molar-refractivity contribution in [2.45, 2.75) is 3.98 Å². The molecule has 1 amide bonds. The monoisotopic (exact) mass is 310 g/mol. The van der Waals surface area contributed by atoms with Crippen LogP contribution < -0.4 is 5.32 Å². The van der Waals surface area contributed by atoms with E-state index in [-0.39, 0.29) is 0 Å². The highest BCUT2D eigenvalue weighted by Gasteiger charge is 2.25. The Bertz CT molecular complexity index is 519. The van der Waals surface area contributed by atoms with Crippen LogP contribution >= 0.6 is 46.1 Å². The second-order valence-corrected chi connectivity index (χ2v) is 6.15. The van der Waals surface area contributed by atoms with Gasteiger partial charge in [0.15, 0.2) is 5.13 Å². The maximum absolute atomic E-state index is 11.3. The van der Waals surface area contributed by atoms with Crippen LogP contribution in [-0.2, 0) is 4.74 Å². The number of anilines is 1. The summed E-state index contributed by atoms with van der Waals surface area (Å²) in [6.07, 6.45) is -0.871. The van der Waals surface area contributed by atoms with E-state index in [1.807, 2.05) is 24.3 Å². The van der Waals surface area contributed by atoms with E-state index in [2.05, 4.69) is 15.0 Å². The highest BCUT2D eigenvalue weighted by molar-refractivity contribution is 7.22. The number of hydrogen-bond donors (Lipinski definition) is 1. The van der Waals surface area contributed by atoms with Gasteiger partial charge in [0, 0.05) is 0 Å². The summed E-state index contributed by atoms with van der Waals surface area (Å²) in [5.74, 6) is 0. The average Bonchev–Trinajstić information content (AvgIpc) is 2.55. The number of nitrogens with one attached hydrogen (secondary N) is 1. The summed E-state index contributed by atoms with van der Waals surface area (Å²) in [5, 5.41) is 2.76. The van der Waals surface area contributed by atoms with Gasteiger partial charge >= 0.3 is 10.1 Å². The maximum atomic E-state index is 11.3. The number of carbonyl (C=O) groups is 1. The molecule has 2 aromatic rings. The average molecular weight is 312 g/mol. The van der Waals surface area contributed by atoms with E-state index in [4.69, 9.17) is 34.8 Å². The minimum atomic E-state index is -2.08. The first-order chi connectivity index (χ1) is 7.94. The highest BCUT2D eigenvalue weighted by atomic mass is 35.6. The lowest BCUT2D eigenvalue weighted by atomic mass is 10.3. The van der Waals surface area contributed by atoms with Crippen molar-refractivity contribution in [1.82, 2.24) is 4.98 Å². The Balaban J connectivity index is 2.11. The van der Waals surface area contributed by atoms with Gasteiger partial charge in [0.2, 0.25) is 0 Å². The molecular formula is C9H5Cl3N2O2S. The van der Waals surface area contributed by atoms with Gasteiger partial charge in [0.1, 0.15) is 0 Å². The molecule has 0 aliphatic rings. The number of hydrogen-bond acceptors (Lipinski definition) is 4. The molecule has 0 aliphatic carbocycles. The fourth-order valence-electron chi connectivity index (χ4n) is 1.14. The van der Waals surface area contributed by atoms with Crippen molar-refractivity contribution in [3.05, 3.63) is 24.3 Å². The Morgan fingerprint density at radius 2 is 2.06 bits per heavy atom. The van der Waals surface area contributed by atoms with Crippen molar-refractivity contribution >= 4 is 67.6 Å². The lowest BCUT2D eigenvalue weighted by molar-refractivity contribution is 0.160. The summed E-state index contributed by atoms with van der Waals surface area (Å²) in [4.78, 5) is 15.4. The zero-order valence-electron chi connectivity index (χ0n) is 8.12. The molecule has 1 heterocycles. The molecule has 0 saturated heterocycles. The molecule has 0 saturated carbocycles. The number of benzene rings is 1. The van der Waals surface area contributed by atoms with Crippen molar-refractivity contribution in [1.29, 1.82) is 0 Å². The van der Waals surface area contributed by atoms with Crippen LogP contribution in [0, 0.1) is 0 Å². The molecule has 0 bridgehead atoms. The highest BCUT2D eigenvalue weighted by Crippen LogP contribution is 2.29. The van der Waals surface area contributed by atoms with Gasteiger partial charge in [0.25, 0.3) is 0 Å². The predicted molar refractivity (Wildman–Crippen MR) is 70.0 cm³/mol. The van der Waals surface area contributed by atoms with E-state index in [1.165, 1.54) is 11.3 Å². The summed E-state index contributed by atoms with van der Waals surface area (Å²) in [5.41, 5.74) is 0.779. The lowest BCUT2D eigenvalue weighted by Gasteiger charge is -2.11. The molecule has 8 heteroatoms. The quantitative estimate of drug-likeness (QED) is 0.804. The van der Waals surface area contributed by atoms with Crippen molar-refractivity contribution < 1.29 is 9.53 Å². The van der Waals surface area contributed by atoms with Crippen LogP contribution in [0.1, 0.15) is 0 Å². The molecule has 2 rings (SSSR count). The maximum Gasteiger partial charge on any atom is 0.417 e. The van der Waals surface area contributed by atoms with Crippen LogP contribution in [0.5, 0.6) is 0 Å². The summed E-state index contributed by atoms with van der Waals surface area (Å²) in [7, 11) is 0. The normalized spacial score (nSPS) is 11.5. The van der Waals surface area contributed by atoms with Crippen LogP contribution in [0.3, 0.4) is 0 Å². The standard InChI is InChI=1S/C9H5Cl3N2O2S/c10-9(11,12)16-8(15)14-7-13-5-3-1-2-4-6(5)17-7/h1-4H,(H,13,14,15). The number of alkyl halides is 3.